The number of benzene rings is 1. The summed E-state index contributed by atoms with van der Waals surface area (Å²) in [6, 6.07) is 7.93. The fourth-order valence-electron chi connectivity index (χ4n) is 4.61. The molecule has 6 rings (SSSR count). The molecule has 0 spiro atoms. The Morgan fingerprint density at radius 1 is 1.17 bits per heavy atom. The van der Waals surface area contributed by atoms with Gasteiger partial charge >= 0.3 is 0 Å². The number of aromatic nitrogens is 6. The topological polar surface area (TPSA) is 94.9 Å². The zero-order valence-corrected chi connectivity index (χ0v) is 16.9. The smallest absolute Gasteiger partial charge is 0.280 e. The lowest BCUT2D eigenvalue weighted by Crippen LogP contribution is -2.24. The maximum Gasteiger partial charge on any atom is 0.280 e. The Bertz CT molecular complexity index is 1310. The van der Waals surface area contributed by atoms with Crippen molar-refractivity contribution >= 4 is 28.5 Å². The molecule has 3 aromatic heterocycles. The average Bonchev–Trinajstić information content (AvgIpc) is 3.16. The lowest BCUT2D eigenvalue weighted by Gasteiger charge is -2.22. The highest BCUT2D eigenvalue weighted by molar-refractivity contribution is 6.33. The van der Waals surface area contributed by atoms with Gasteiger partial charge in [0.25, 0.3) is 5.56 Å². The van der Waals surface area contributed by atoms with Crippen LogP contribution in [0, 0.1) is 11.8 Å². The number of para-hydroxylation sites is 1. The van der Waals surface area contributed by atoms with Gasteiger partial charge in [-0.15, -0.1) is 0 Å². The van der Waals surface area contributed by atoms with Gasteiger partial charge in [0.1, 0.15) is 12.9 Å². The van der Waals surface area contributed by atoms with E-state index in [0.29, 0.717) is 34.8 Å². The van der Waals surface area contributed by atoms with Gasteiger partial charge in [-0.3, -0.25) is 9.36 Å². The van der Waals surface area contributed by atoms with Crippen LogP contribution in [0.15, 0.2) is 46.2 Å². The number of aryl methyl sites for hydroxylation is 1. The standard InChI is InChI=1S/C20H18ClN7O2/c1-26-9-22-19-17(26)20(29)28(10-23-19)8-15-24-18(25-30-15)16-11-6-27(7-12(11)16)14-5-3-2-4-13(14)21/h2-5,9-12,16H,6-8H2,1H3. The van der Waals surface area contributed by atoms with Crippen molar-refractivity contribution in [2.45, 2.75) is 12.5 Å². The summed E-state index contributed by atoms with van der Waals surface area (Å²) in [7, 11) is 1.77. The first kappa shape index (κ1) is 17.6. The van der Waals surface area contributed by atoms with Crippen LogP contribution in [0.4, 0.5) is 5.69 Å². The number of hydrogen-bond donors (Lipinski definition) is 0. The van der Waals surface area contributed by atoms with E-state index in [1.54, 1.807) is 17.9 Å². The van der Waals surface area contributed by atoms with E-state index in [1.165, 1.54) is 10.9 Å². The Balaban J connectivity index is 1.18. The minimum absolute atomic E-state index is 0.182. The summed E-state index contributed by atoms with van der Waals surface area (Å²) in [5, 5.41) is 4.97. The van der Waals surface area contributed by atoms with Gasteiger partial charge in [0.15, 0.2) is 17.0 Å². The molecule has 1 saturated heterocycles. The third kappa shape index (κ3) is 2.65. The molecule has 0 radical (unpaired) electrons. The molecule has 1 aliphatic heterocycles. The van der Waals surface area contributed by atoms with Gasteiger partial charge in [-0.1, -0.05) is 28.9 Å². The van der Waals surface area contributed by atoms with Crippen LogP contribution in [0.2, 0.25) is 5.02 Å². The maximum atomic E-state index is 12.7. The number of nitrogens with zero attached hydrogens (tertiary/aromatic N) is 7. The Hall–Kier alpha value is -3.20. The van der Waals surface area contributed by atoms with Crippen molar-refractivity contribution in [3.05, 3.63) is 64.0 Å². The van der Waals surface area contributed by atoms with Gasteiger partial charge in [0.05, 0.1) is 17.0 Å². The third-order valence-electron chi connectivity index (χ3n) is 6.18. The summed E-state index contributed by atoms with van der Waals surface area (Å²) < 4.78 is 8.57. The highest BCUT2D eigenvalue weighted by atomic mass is 35.5. The van der Waals surface area contributed by atoms with E-state index in [0.717, 1.165) is 29.6 Å². The molecule has 152 valence electrons. The molecule has 2 fully saturated rings. The maximum absolute atomic E-state index is 12.7. The Kier molecular flexibility index (Phi) is 3.76. The number of piperidine rings is 1. The van der Waals surface area contributed by atoms with Crippen LogP contribution < -0.4 is 10.5 Å². The molecule has 30 heavy (non-hydrogen) atoms. The van der Waals surface area contributed by atoms with Crippen molar-refractivity contribution < 1.29 is 4.52 Å². The number of fused-ring (bicyclic) bond motifs is 2. The van der Waals surface area contributed by atoms with Crippen molar-refractivity contribution in [3.63, 3.8) is 0 Å². The molecule has 0 bridgehead atoms. The lowest BCUT2D eigenvalue weighted by molar-refractivity contribution is 0.363. The van der Waals surface area contributed by atoms with Gasteiger partial charge < -0.3 is 14.0 Å². The molecule has 2 atom stereocenters. The summed E-state index contributed by atoms with van der Waals surface area (Å²) in [4.78, 5) is 27.9. The van der Waals surface area contributed by atoms with Crippen molar-refractivity contribution in [2.75, 3.05) is 18.0 Å². The molecule has 1 aliphatic carbocycles. The number of imidazole rings is 1. The minimum Gasteiger partial charge on any atom is -0.370 e. The predicted molar refractivity (Wildman–Crippen MR) is 110 cm³/mol. The molecule has 0 amide bonds. The summed E-state index contributed by atoms with van der Waals surface area (Å²) in [6.45, 7) is 2.06. The van der Waals surface area contributed by atoms with Gasteiger partial charge in [-0.05, 0) is 24.0 Å². The van der Waals surface area contributed by atoms with Gasteiger partial charge in [0.2, 0.25) is 5.89 Å². The summed E-state index contributed by atoms with van der Waals surface area (Å²) >= 11 is 6.33. The van der Waals surface area contributed by atoms with Crippen LogP contribution in [0.1, 0.15) is 17.6 Å². The molecule has 1 aromatic carbocycles. The van der Waals surface area contributed by atoms with Crippen LogP contribution in [0.3, 0.4) is 0 Å². The molecule has 2 aliphatic rings. The first-order valence-electron chi connectivity index (χ1n) is 9.78. The predicted octanol–water partition coefficient (Wildman–Crippen LogP) is 2.06. The number of rotatable bonds is 4. The Morgan fingerprint density at radius 2 is 1.93 bits per heavy atom. The van der Waals surface area contributed by atoms with Crippen LogP contribution in [0.25, 0.3) is 11.2 Å². The summed E-state index contributed by atoms with van der Waals surface area (Å²) in [5.74, 6) is 2.43. The number of hydrogen-bond acceptors (Lipinski definition) is 7. The molecule has 0 N–H and O–H groups in total. The SMILES string of the molecule is Cn1cnc2ncn(Cc3nc(C4C5CN(c6ccccc6Cl)CC54)no3)c(=O)c21. The Labute approximate surface area is 175 Å². The van der Waals surface area contributed by atoms with Crippen LogP contribution >= 0.6 is 11.6 Å². The molecule has 9 nitrogen and oxygen atoms in total. The fourth-order valence-corrected chi connectivity index (χ4v) is 4.87. The molecule has 10 heteroatoms. The molecule has 4 heterocycles. The van der Waals surface area contributed by atoms with Crippen molar-refractivity contribution in [2.24, 2.45) is 18.9 Å². The zero-order valence-electron chi connectivity index (χ0n) is 16.1. The fraction of sp³-hybridized carbons (Fsp3) is 0.350. The third-order valence-corrected chi connectivity index (χ3v) is 6.49. The quantitative estimate of drug-likeness (QED) is 0.495. The van der Waals surface area contributed by atoms with E-state index < -0.39 is 0 Å². The van der Waals surface area contributed by atoms with E-state index in [9.17, 15) is 4.79 Å². The first-order chi connectivity index (χ1) is 14.6. The molecular formula is C20H18ClN7O2. The molecule has 1 saturated carbocycles. The molecular weight excluding hydrogens is 406 g/mol. The Morgan fingerprint density at radius 3 is 2.73 bits per heavy atom. The van der Waals surface area contributed by atoms with Crippen molar-refractivity contribution in [1.82, 2.24) is 29.2 Å². The van der Waals surface area contributed by atoms with E-state index in [4.69, 9.17) is 16.1 Å². The highest BCUT2D eigenvalue weighted by Crippen LogP contribution is 2.58. The monoisotopic (exact) mass is 423 g/mol. The van der Waals surface area contributed by atoms with E-state index in [1.807, 2.05) is 18.2 Å². The van der Waals surface area contributed by atoms with Crippen molar-refractivity contribution in [1.29, 1.82) is 0 Å². The van der Waals surface area contributed by atoms with Gasteiger partial charge in [-0.2, -0.15) is 4.98 Å². The largest absolute Gasteiger partial charge is 0.370 e. The highest BCUT2D eigenvalue weighted by Gasteiger charge is 2.58. The average molecular weight is 424 g/mol. The first-order valence-corrected chi connectivity index (χ1v) is 10.2. The second-order valence-corrected chi connectivity index (χ2v) is 8.37. The van der Waals surface area contributed by atoms with Gasteiger partial charge in [-0.25, -0.2) is 9.97 Å². The molecule has 2 unspecified atom stereocenters. The van der Waals surface area contributed by atoms with E-state index >= 15 is 0 Å². The lowest BCUT2D eigenvalue weighted by atomic mass is 10.2. The number of halogens is 1. The number of anilines is 1. The zero-order chi connectivity index (χ0) is 20.4. The van der Waals surface area contributed by atoms with E-state index in [2.05, 4.69) is 31.1 Å². The van der Waals surface area contributed by atoms with Crippen LogP contribution in [0.5, 0.6) is 0 Å². The second-order valence-electron chi connectivity index (χ2n) is 7.96. The summed E-state index contributed by atoms with van der Waals surface area (Å²) in [6.07, 6.45) is 3.04. The van der Waals surface area contributed by atoms with Crippen LogP contribution in [-0.4, -0.2) is 42.3 Å². The summed E-state index contributed by atoms with van der Waals surface area (Å²) in [5.41, 5.74) is 1.78. The second kappa shape index (κ2) is 6.40. The van der Waals surface area contributed by atoms with Gasteiger partial charge in [0, 0.05) is 26.1 Å². The normalized spacial score (nSPS) is 22.6. The van der Waals surface area contributed by atoms with Crippen molar-refractivity contribution in [3.8, 4) is 0 Å². The van der Waals surface area contributed by atoms with E-state index in [-0.39, 0.29) is 12.1 Å². The minimum atomic E-state index is -0.182. The van der Waals surface area contributed by atoms with Crippen LogP contribution in [-0.2, 0) is 13.6 Å². The molecule has 4 aromatic rings.